The van der Waals surface area contributed by atoms with Crippen LogP contribution in [0.1, 0.15) is 37.2 Å². The third-order valence-corrected chi connectivity index (χ3v) is 7.36. The van der Waals surface area contributed by atoms with E-state index in [9.17, 15) is 9.90 Å². The van der Waals surface area contributed by atoms with Crippen molar-refractivity contribution < 1.29 is 14.6 Å². The van der Waals surface area contributed by atoms with E-state index in [0.29, 0.717) is 23.9 Å². The van der Waals surface area contributed by atoms with Gasteiger partial charge in [-0.3, -0.25) is 9.80 Å². The molecule has 2 amide bonds. The first-order valence-electron chi connectivity index (χ1n) is 11.4. The zero-order chi connectivity index (χ0) is 21.4. The number of hydrogen-bond acceptors (Lipinski definition) is 4. The number of para-hydroxylation sites is 3. The smallest absolute Gasteiger partial charge is 0.326 e. The van der Waals surface area contributed by atoms with Crippen molar-refractivity contribution in [3.8, 4) is 5.75 Å². The molecule has 6 heteroatoms. The molecule has 2 aliphatic heterocycles. The molecule has 1 saturated carbocycles. The second-order valence-electron chi connectivity index (χ2n) is 8.99. The largest absolute Gasteiger partial charge is 0.495 e. The maximum absolute atomic E-state index is 13.4. The molecule has 0 spiro atoms. The number of likely N-dealkylation sites (tertiary alicyclic amines) is 1. The normalized spacial score (nSPS) is 25.5. The average molecular weight is 422 g/mol. The number of ether oxygens (including phenoxy) is 1. The standard InChI is InChI=1S/C25H31N3O3/c1-31-23-13-7-5-11-19(23)26-25(30)28-15-21-24(18-10-4-6-12-20(18)28)22(16-29)27(21)14-17-8-2-3-9-17/h4-7,10-13,17,21-22,24,29H,2-3,8-9,14-16H2,1H3,(H,26,30)/t21-,22-,24+/m1/s1. The van der Waals surface area contributed by atoms with Crippen LogP contribution in [0.2, 0.25) is 0 Å². The first-order chi connectivity index (χ1) is 15.2. The Morgan fingerprint density at radius 2 is 1.87 bits per heavy atom. The Morgan fingerprint density at radius 1 is 1.13 bits per heavy atom. The van der Waals surface area contributed by atoms with Gasteiger partial charge in [0.2, 0.25) is 0 Å². The molecule has 5 rings (SSSR count). The number of fused-ring (bicyclic) bond motifs is 3. The van der Waals surface area contributed by atoms with Gasteiger partial charge in [0.1, 0.15) is 5.75 Å². The Kier molecular flexibility index (Phi) is 5.59. The Bertz CT molecular complexity index is 943. The van der Waals surface area contributed by atoms with Gasteiger partial charge >= 0.3 is 6.03 Å². The van der Waals surface area contributed by atoms with Crippen LogP contribution in [0.5, 0.6) is 5.75 Å². The van der Waals surface area contributed by atoms with Gasteiger partial charge in [-0.15, -0.1) is 0 Å². The SMILES string of the molecule is COc1ccccc1NC(=O)N1C[C@@H]2[C@H](c3ccccc31)[C@@H](CO)N2CC1CCCC1. The van der Waals surface area contributed by atoms with Crippen molar-refractivity contribution in [1.82, 2.24) is 4.90 Å². The van der Waals surface area contributed by atoms with Gasteiger partial charge in [0.25, 0.3) is 0 Å². The summed E-state index contributed by atoms with van der Waals surface area (Å²) >= 11 is 0. The Balaban J connectivity index is 1.42. The van der Waals surface area contributed by atoms with Crippen LogP contribution in [0.15, 0.2) is 48.5 Å². The fraction of sp³-hybridized carbons (Fsp3) is 0.480. The molecular weight excluding hydrogens is 390 g/mol. The van der Waals surface area contributed by atoms with E-state index in [1.165, 1.54) is 25.7 Å². The minimum atomic E-state index is -0.149. The van der Waals surface area contributed by atoms with Gasteiger partial charge in [0.15, 0.2) is 0 Å². The van der Waals surface area contributed by atoms with Crippen LogP contribution in [0.25, 0.3) is 0 Å². The third-order valence-electron chi connectivity index (χ3n) is 7.36. The molecule has 2 aromatic rings. The van der Waals surface area contributed by atoms with Crippen LogP contribution in [-0.2, 0) is 0 Å². The number of urea groups is 1. The summed E-state index contributed by atoms with van der Waals surface area (Å²) in [7, 11) is 1.61. The highest BCUT2D eigenvalue weighted by Crippen LogP contribution is 2.49. The molecule has 2 fully saturated rings. The van der Waals surface area contributed by atoms with Gasteiger partial charge in [-0.05, 0) is 42.5 Å². The van der Waals surface area contributed by atoms with Crippen molar-refractivity contribution in [2.75, 3.05) is 37.0 Å². The van der Waals surface area contributed by atoms with Gasteiger partial charge in [-0.25, -0.2) is 4.79 Å². The minimum absolute atomic E-state index is 0.145. The van der Waals surface area contributed by atoms with E-state index < -0.39 is 0 Å². The molecule has 1 aliphatic carbocycles. The summed E-state index contributed by atoms with van der Waals surface area (Å²) in [6.45, 7) is 1.82. The number of carbonyl (C=O) groups excluding carboxylic acids is 1. The second kappa shape index (κ2) is 8.52. The second-order valence-corrected chi connectivity index (χ2v) is 8.99. The molecule has 3 atom stereocenters. The van der Waals surface area contributed by atoms with Crippen molar-refractivity contribution in [1.29, 1.82) is 0 Å². The fourth-order valence-electron chi connectivity index (χ4n) is 5.85. The highest BCUT2D eigenvalue weighted by Gasteiger charge is 2.53. The summed E-state index contributed by atoms with van der Waals surface area (Å²) in [5.41, 5.74) is 2.77. The van der Waals surface area contributed by atoms with Gasteiger partial charge in [0.05, 0.1) is 19.4 Å². The average Bonchev–Trinajstić information content (AvgIpc) is 3.31. The van der Waals surface area contributed by atoms with E-state index in [-0.39, 0.29) is 30.6 Å². The lowest BCUT2D eigenvalue weighted by Gasteiger charge is -2.59. The lowest BCUT2D eigenvalue weighted by atomic mass is 9.71. The molecule has 164 valence electrons. The van der Waals surface area contributed by atoms with E-state index in [2.05, 4.69) is 16.3 Å². The zero-order valence-corrected chi connectivity index (χ0v) is 18.0. The number of benzene rings is 2. The molecule has 2 N–H and O–H groups in total. The molecule has 0 bridgehead atoms. The molecule has 2 heterocycles. The number of methoxy groups -OCH3 is 1. The van der Waals surface area contributed by atoms with E-state index in [4.69, 9.17) is 4.74 Å². The molecule has 2 aromatic carbocycles. The third kappa shape index (κ3) is 3.58. The molecule has 0 aromatic heterocycles. The Morgan fingerprint density at radius 3 is 2.65 bits per heavy atom. The summed E-state index contributed by atoms with van der Waals surface area (Å²) < 4.78 is 5.40. The number of nitrogens with zero attached hydrogens (tertiary/aromatic N) is 2. The molecule has 1 saturated heterocycles. The van der Waals surface area contributed by atoms with E-state index in [0.717, 1.165) is 17.8 Å². The number of anilines is 2. The van der Waals surface area contributed by atoms with E-state index in [1.807, 2.05) is 47.4 Å². The van der Waals surface area contributed by atoms with Gasteiger partial charge in [-0.1, -0.05) is 43.2 Å². The van der Waals surface area contributed by atoms with E-state index >= 15 is 0 Å². The summed E-state index contributed by atoms with van der Waals surface area (Å²) in [5.74, 6) is 1.63. The predicted molar refractivity (Wildman–Crippen MR) is 122 cm³/mol. The number of amides is 2. The van der Waals surface area contributed by atoms with Gasteiger partial charge in [-0.2, -0.15) is 0 Å². The number of aliphatic hydroxyl groups is 1. The van der Waals surface area contributed by atoms with Crippen LogP contribution in [0.4, 0.5) is 16.2 Å². The van der Waals surface area contributed by atoms with Crippen molar-refractivity contribution in [3.05, 3.63) is 54.1 Å². The Hall–Kier alpha value is -2.57. The number of carbonyl (C=O) groups is 1. The number of rotatable bonds is 5. The fourth-order valence-corrected chi connectivity index (χ4v) is 5.85. The van der Waals surface area contributed by atoms with Gasteiger partial charge in [0, 0.05) is 36.8 Å². The van der Waals surface area contributed by atoms with Crippen LogP contribution >= 0.6 is 0 Å². The lowest BCUT2D eigenvalue weighted by molar-refractivity contribution is -0.0509. The monoisotopic (exact) mass is 421 g/mol. The quantitative estimate of drug-likeness (QED) is 0.764. The van der Waals surface area contributed by atoms with E-state index in [1.54, 1.807) is 7.11 Å². The zero-order valence-electron chi connectivity index (χ0n) is 18.0. The maximum atomic E-state index is 13.4. The number of nitrogens with one attached hydrogen (secondary N) is 1. The molecule has 6 nitrogen and oxygen atoms in total. The lowest BCUT2D eigenvalue weighted by Crippen LogP contribution is -2.70. The molecule has 3 aliphatic rings. The van der Waals surface area contributed by atoms with Crippen LogP contribution in [0.3, 0.4) is 0 Å². The molecule has 0 radical (unpaired) electrons. The van der Waals surface area contributed by atoms with Crippen LogP contribution in [-0.4, -0.2) is 54.9 Å². The first-order valence-corrected chi connectivity index (χ1v) is 11.4. The summed E-state index contributed by atoms with van der Waals surface area (Å²) in [5, 5.41) is 13.2. The molecular formula is C25H31N3O3. The predicted octanol–water partition coefficient (Wildman–Crippen LogP) is 4.07. The Labute approximate surface area is 183 Å². The molecule has 0 unspecified atom stereocenters. The summed E-state index contributed by atoms with van der Waals surface area (Å²) in [6, 6.07) is 15.9. The minimum Gasteiger partial charge on any atom is -0.495 e. The number of aliphatic hydroxyl groups excluding tert-OH is 1. The molecule has 31 heavy (non-hydrogen) atoms. The maximum Gasteiger partial charge on any atom is 0.326 e. The van der Waals surface area contributed by atoms with Crippen molar-refractivity contribution >= 4 is 17.4 Å². The number of hydrogen-bond donors (Lipinski definition) is 2. The first kappa shape index (κ1) is 20.3. The van der Waals surface area contributed by atoms with Gasteiger partial charge < -0.3 is 15.2 Å². The topological polar surface area (TPSA) is 65.0 Å². The van der Waals surface area contributed by atoms with Crippen molar-refractivity contribution in [2.24, 2.45) is 5.92 Å². The highest BCUT2D eigenvalue weighted by molar-refractivity contribution is 6.03. The summed E-state index contributed by atoms with van der Waals surface area (Å²) in [4.78, 5) is 17.7. The van der Waals surface area contributed by atoms with Crippen LogP contribution < -0.4 is 15.0 Å². The van der Waals surface area contributed by atoms with Crippen molar-refractivity contribution in [2.45, 2.75) is 43.7 Å². The summed E-state index contributed by atoms with van der Waals surface area (Å²) in [6.07, 6.45) is 5.18. The van der Waals surface area contributed by atoms with Crippen molar-refractivity contribution in [3.63, 3.8) is 0 Å². The highest BCUT2D eigenvalue weighted by atomic mass is 16.5. The van der Waals surface area contributed by atoms with Crippen LogP contribution in [0, 0.1) is 5.92 Å².